The van der Waals surface area contributed by atoms with Crippen LogP contribution in [0.1, 0.15) is 31.0 Å². The van der Waals surface area contributed by atoms with Gasteiger partial charge in [-0.1, -0.05) is 0 Å². The Morgan fingerprint density at radius 2 is 2.50 bits per heavy atom. The van der Waals surface area contributed by atoms with Crippen LogP contribution in [0.15, 0.2) is 18.6 Å². The number of aromatic nitrogens is 2. The number of nitrogens with one attached hydrogen (secondary N) is 1. The fourth-order valence-electron chi connectivity index (χ4n) is 1.23. The highest BCUT2D eigenvalue weighted by atomic mass is 15.2. The molecule has 1 aromatic heterocycles. The molecule has 0 radical (unpaired) electrons. The van der Waals surface area contributed by atoms with Gasteiger partial charge in [-0.15, -0.1) is 12.3 Å². The summed E-state index contributed by atoms with van der Waals surface area (Å²) < 4.78 is 0. The quantitative estimate of drug-likeness (QED) is 0.312. The van der Waals surface area contributed by atoms with Gasteiger partial charge in [0.25, 0.3) is 0 Å². The van der Waals surface area contributed by atoms with Gasteiger partial charge >= 0.3 is 0 Å². The minimum absolute atomic E-state index is 0.0614. The van der Waals surface area contributed by atoms with Gasteiger partial charge in [-0.3, -0.25) is 11.3 Å². The monoisotopic (exact) mass is 190 g/mol. The van der Waals surface area contributed by atoms with Crippen molar-refractivity contribution in [2.24, 2.45) is 5.84 Å². The van der Waals surface area contributed by atoms with Crippen LogP contribution in [0.2, 0.25) is 0 Å². The van der Waals surface area contributed by atoms with Gasteiger partial charge in [-0.2, -0.15) is 0 Å². The summed E-state index contributed by atoms with van der Waals surface area (Å²) in [7, 11) is 0. The Hall–Kier alpha value is -1.44. The largest absolute Gasteiger partial charge is 0.271 e. The first-order chi connectivity index (χ1) is 6.88. The molecule has 0 aliphatic carbocycles. The molecular formula is C10H14N4. The van der Waals surface area contributed by atoms with Gasteiger partial charge in [0, 0.05) is 12.6 Å². The van der Waals surface area contributed by atoms with E-state index in [0.29, 0.717) is 0 Å². The molecule has 74 valence electrons. The van der Waals surface area contributed by atoms with Crippen molar-refractivity contribution in [3.05, 3.63) is 24.3 Å². The van der Waals surface area contributed by atoms with Crippen molar-refractivity contribution in [1.82, 2.24) is 15.4 Å². The summed E-state index contributed by atoms with van der Waals surface area (Å²) in [4.78, 5) is 7.97. The lowest BCUT2D eigenvalue weighted by molar-refractivity contribution is 0.490. The van der Waals surface area contributed by atoms with Gasteiger partial charge in [-0.05, 0) is 18.9 Å². The Labute approximate surface area is 83.9 Å². The van der Waals surface area contributed by atoms with E-state index in [4.69, 9.17) is 12.3 Å². The Balaban J connectivity index is 2.51. The first-order valence-electron chi connectivity index (χ1n) is 4.54. The lowest BCUT2D eigenvalue weighted by atomic mass is 10.1. The number of rotatable bonds is 5. The number of hydrazine groups is 1. The van der Waals surface area contributed by atoms with Crippen LogP contribution in [0.5, 0.6) is 0 Å². The van der Waals surface area contributed by atoms with Crippen LogP contribution in [-0.2, 0) is 0 Å². The van der Waals surface area contributed by atoms with Crippen molar-refractivity contribution in [1.29, 1.82) is 0 Å². The molecule has 1 unspecified atom stereocenters. The van der Waals surface area contributed by atoms with Crippen LogP contribution < -0.4 is 11.3 Å². The highest BCUT2D eigenvalue weighted by Crippen LogP contribution is 2.14. The second-order valence-corrected chi connectivity index (χ2v) is 2.95. The third-order valence-corrected chi connectivity index (χ3v) is 1.98. The van der Waals surface area contributed by atoms with E-state index in [0.717, 1.165) is 25.0 Å². The molecule has 1 aromatic rings. The fraction of sp³-hybridized carbons (Fsp3) is 0.400. The summed E-state index contributed by atoms with van der Waals surface area (Å²) >= 11 is 0. The molecule has 3 N–H and O–H groups in total. The van der Waals surface area contributed by atoms with Crippen molar-refractivity contribution in [3.8, 4) is 12.3 Å². The molecular weight excluding hydrogens is 176 g/mol. The van der Waals surface area contributed by atoms with E-state index in [1.54, 1.807) is 6.20 Å². The number of nitrogens with zero attached hydrogens (tertiary/aromatic N) is 2. The van der Waals surface area contributed by atoms with E-state index in [2.05, 4.69) is 21.3 Å². The Morgan fingerprint density at radius 3 is 3.07 bits per heavy atom. The smallest absolute Gasteiger partial charge is 0.115 e. The normalized spacial score (nSPS) is 12.0. The average molecular weight is 190 g/mol. The predicted octanol–water partition coefficient (Wildman–Crippen LogP) is 0.785. The van der Waals surface area contributed by atoms with Crippen molar-refractivity contribution < 1.29 is 0 Å². The molecule has 0 amide bonds. The van der Waals surface area contributed by atoms with Crippen LogP contribution in [-0.4, -0.2) is 9.97 Å². The fourth-order valence-corrected chi connectivity index (χ4v) is 1.23. The van der Waals surface area contributed by atoms with E-state index in [1.165, 1.54) is 6.33 Å². The van der Waals surface area contributed by atoms with Gasteiger partial charge in [0.1, 0.15) is 6.33 Å². The van der Waals surface area contributed by atoms with E-state index in [1.807, 2.05) is 6.07 Å². The third kappa shape index (κ3) is 3.13. The molecule has 0 aliphatic rings. The van der Waals surface area contributed by atoms with Gasteiger partial charge < -0.3 is 0 Å². The summed E-state index contributed by atoms with van der Waals surface area (Å²) in [6.07, 6.45) is 11.0. The van der Waals surface area contributed by atoms with E-state index < -0.39 is 0 Å². The topological polar surface area (TPSA) is 63.8 Å². The summed E-state index contributed by atoms with van der Waals surface area (Å²) in [5.41, 5.74) is 3.62. The van der Waals surface area contributed by atoms with Crippen LogP contribution in [0, 0.1) is 12.3 Å². The number of terminal acetylenes is 1. The van der Waals surface area contributed by atoms with Gasteiger partial charge in [0.05, 0.1) is 11.7 Å². The Morgan fingerprint density at radius 1 is 1.64 bits per heavy atom. The average Bonchev–Trinajstić information content (AvgIpc) is 2.26. The second-order valence-electron chi connectivity index (χ2n) is 2.95. The standard InChI is InChI=1S/C10H14N4/c1-2-3-4-5-10(14-11)9-6-7-12-8-13-9/h1,6-8,10,14H,3-5,11H2. The van der Waals surface area contributed by atoms with Crippen molar-refractivity contribution in [2.75, 3.05) is 0 Å². The summed E-state index contributed by atoms with van der Waals surface area (Å²) in [5, 5.41) is 0. The maximum Gasteiger partial charge on any atom is 0.115 e. The molecule has 0 fully saturated rings. The van der Waals surface area contributed by atoms with E-state index >= 15 is 0 Å². The van der Waals surface area contributed by atoms with Crippen LogP contribution in [0.3, 0.4) is 0 Å². The highest BCUT2D eigenvalue weighted by molar-refractivity contribution is 5.04. The minimum atomic E-state index is 0.0614. The zero-order valence-electron chi connectivity index (χ0n) is 7.98. The number of unbranched alkanes of at least 4 members (excludes halogenated alkanes) is 1. The molecule has 0 spiro atoms. The molecule has 4 nitrogen and oxygen atoms in total. The van der Waals surface area contributed by atoms with Crippen molar-refractivity contribution in [3.63, 3.8) is 0 Å². The molecule has 14 heavy (non-hydrogen) atoms. The van der Waals surface area contributed by atoms with Crippen molar-refractivity contribution >= 4 is 0 Å². The molecule has 0 aromatic carbocycles. The zero-order chi connectivity index (χ0) is 10.2. The Kier molecular flexibility index (Phi) is 4.62. The molecule has 1 heterocycles. The molecule has 0 saturated carbocycles. The molecule has 0 saturated heterocycles. The highest BCUT2D eigenvalue weighted by Gasteiger charge is 2.09. The third-order valence-electron chi connectivity index (χ3n) is 1.98. The minimum Gasteiger partial charge on any atom is -0.271 e. The number of hydrogen-bond donors (Lipinski definition) is 2. The molecule has 1 rings (SSSR count). The predicted molar refractivity (Wildman–Crippen MR) is 54.8 cm³/mol. The molecule has 0 bridgehead atoms. The molecule has 4 heteroatoms. The maximum absolute atomic E-state index is 5.42. The van der Waals surface area contributed by atoms with Crippen LogP contribution >= 0.6 is 0 Å². The van der Waals surface area contributed by atoms with E-state index in [-0.39, 0.29) is 6.04 Å². The van der Waals surface area contributed by atoms with Gasteiger partial charge in [0.2, 0.25) is 0 Å². The van der Waals surface area contributed by atoms with E-state index in [9.17, 15) is 0 Å². The van der Waals surface area contributed by atoms with Gasteiger partial charge in [-0.25, -0.2) is 9.97 Å². The lowest BCUT2D eigenvalue weighted by Crippen LogP contribution is -2.28. The first kappa shape index (κ1) is 10.6. The molecule has 1 atom stereocenters. The van der Waals surface area contributed by atoms with Crippen LogP contribution in [0.25, 0.3) is 0 Å². The second kappa shape index (κ2) is 6.08. The summed E-state index contributed by atoms with van der Waals surface area (Å²) in [5.74, 6) is 8.02. The van der Waals surface area contributed by atoms with Gasteiger partial charge in [0.15, 0.2) is 0 Å². The first-order valence-corrected chi connectivity index (χ1v) is 4.54. The maximum atomic E-state index is 5.42. The summed E-state index contributed by atoms with van der Waals surface area (Å²) in [6, 6.07) is 1.91. The Bertz CT molecular complexity index is 291. The number of nitrogens with two attached hydrogens (primary N) is 1. The SMILES string of the molecule is C#CCCCC(NN)c1ccncn1. The number of hydrogen-bond acceptors (Lipinski definition) is 4. The van der Waals surface area contributed by atoms with Crippen LogP contribution in [0.4, 0.5) is 0 Å². The van der Waals surface area contributed by atoms with Crippen molar-refractivity contribution in [2.45, 2.75) is 25.3 Å². The summed E-state index contributed by atoms with van der Waals surface area (Å²) in [6.45, 7) is 0. The lowest BCUT2D eigenvalue weighted by Gasteiger charge is -2.13. The zero-order valence-corrected chi connectivity index (χ0v) is 7.98. The molecule has 0 aliphatic heterocycles.